The molecule has 1 unspecified atom stereocenters. The molecule has 1 aromatic heterocycles. The summed E-state index contributed by atoms with van der Waals surface area (Å²) in [5.41, 5.74) is 7.23. The molecule has 2 nitrogen and oxygen atoms in total. The number of thioether (sulfide) groups is 1. The minimum atomic E-state index is 0.146. The highest BCUT2D eigenvalue weighted by molar-refractivity contribution is 9.10. The molecule has 2 N–H and O–H groups in total. The highest BCUT2D eigenvalue weighted by Crippen LogP contribution is 2.27. The SMILES string of the molecule is Cc1csc(CC(N)CSc2ccccc2Br)n1. The minimum Gasteiger partial charge on any atom is -0.327 e. The van der Waals surface area contributed by atoms with Crippen molar-refractivity contribution in [2.75, 3.05) is 5.75 Å². The maximum Gasteiger partial charge on any atom is 0.0943 e. The number of hydrogen-bond acceptors (Lipinski definition) is 4. The summed E-state index contributed by atoms with van der Waals surface area (Å²) in [6, 6.07) is 8.37. The molecule has 18 heavy (non-hydrogen) atoms. The number of benzene rings is 1. The summed E-state index contributed by atoms with van der Waals surface area (Å²) in [5.74, 6) is 0.904. The van der Waals surface area contributed by atoms with Gasteiger partial charge in [0.05, 0.1) is 5.01 Å². The van der Waals surface area contributed by atoms with E-state index in [1.54, 1.807) is 23.1 Å². The molecular formula is C13H15BrN2S2. The third-order valence-corrected chi connectivity index (χ3v) is 5.60. The second-order valence-corrected chi connectivity index (χ2v) is 6.95. The van der Waals surface area contributed by atoms with Gasteiger partial charge in [-0.1, -0.05) is 12.1 Å². The zero-order valence-electron chi connectivity index (χ0n) is 10.1. The Morgan fingerprint density at radius 2 is 2.22 bits per heavy atom. The van der Waals surface area contributed by atoms with Crippen molar-refractivity contribution >= 4 is 39.0 Å². The first kappa shape index (κ1) is 14.1. The van der Waals surface area contributed by atoms with E-state index in [1.807, 2.05) is 19.1 Å². The van der Waals surface area contributed by atoms with Gasteiger partial charge in [0.2, 0.25) is 0 Å². The van der Waals surface area contributed by atoms with E-state index in [-0.39, 0.29) is 6.04 Å². The third kappa shape index (κ3) is 4.09. The number of rotatable bonds is 5. The van der Waals surface area contributed by atoms with Crippen LogP contribution >= 0.6 is 39.0 Å². The molecule has 0 radical (unpaired) electrons. The smallest absolute Gasteiger partial charge is 0.0943 e. The Hall–Kier alpha value is -0.360. The average molecular weight is 343 g/mol. The van der Waals surface area contributed by atoms with E-state index in [0.717, 1.165) is 27.3 Å². The number of nitrogens with zero attached hydrogens (tertiary/aromatic N) is 1. The van der Waals surface area contributed by atoms with Gasteiger partial charge in [0, 0.05) is 38.7 Å². The predicted octanol–water partition coefficient (Wildman–Crippen LogP) is 3.88. The van der Waals surface area contributed by atoms with Crippen LogP contribution in [-0.4, -0.2) is 16.8 Å². The van der Waals surface area contributed by atoms with Crippen LogP contribution in [0.1, 0.15) is 10.7 Å². The van der Waals surface area contributed by atoms with Crippen molar-refractivity contribution < 1.29 is 0 Å². The Bertz CT molecular complexity index is 513. The van der Waals surface area contributed by atoms with E-state index in [2.05, 4.69) is 38.4 Å². The number of aryl methyl sites for hydroxylation is 1. The molecule has 0 aliphatic rings. The van der Waals surface area contributed by atoms with E-state index in [9.17, 15) is 0 Å². The normalized spacial score (nSPS) is 12.6. The Morgan fingerprint density at radius 1 is 1.44 bits per heavy atom. The summed E-state index contributed by atoms with van der Waals surface area (Å²) in [5, 5.41) is 3.20. The van der Waals surface area contributed by atoms with Gasteiger partial charge in [0.1, 0.15) is 0 Å². The van der Waals surface area contributed by atoms with Crippen LogP contribution in [0.25, 0.3) is 0 Å². The lowest BCUT2D eigenvalue weighted by Gasteiger charge is -2.10. The van der Waals surface area contributed by atoms with Crippen molar-refractivity contribution in [3.05, 3.63) is 44.8 Å². The quantitative estimate of drug-likeness (QED) is 0.838. The van der Waals surface area contributed by atoms with E-state index in [4.69, 9.17) is 5.73 Å². The minimum absolute atomic E-state index is 0.146. The van der Waals surface area contributed by atoms with E-state index in [0.29, 0.717) is 0 Å². The van der Waals surface area contributed by atoms with E-state index >= 15 is 0 Å². The monoisotopic (exact) mass is 342 g/mol. The number of halogens is 1. The summed E-state index contributed by atoms with van der Waals surface area (Å²) in [7, 11) is 0. The molecular weight excluding hydrogens is 328 g/mol. The van der Waals surface area contributed by atoms with Crippen LogP contribution < -0.4 is 5.73 Å². The Kier molecular flexibility index (Phi) is 5.24. The molecule has 2 aromatic rings. The largest absolute Gasteiger partial charge is 0.327 e. The molecule has 0 saturated heterocycles. The van der Waals surface area contributed by atoms with Crippen LogP contribution in [-0.2, 0) is 6.42 Å². The van der Waals surface area contributed by atoms with Gasteiger partial charge in [0.25, 0.3) is 0 Å². The van der Waals surface area contributed by atoms with Gasteiger partial charge in [-0.2, -0.15) is 0 Å². The highest BCUT2D eigenvalue weighted by Gasteiger charge is 2.09. The fourth-order valence-electron chi connectivity index (χ4n) is 1.54. The van der Waals surface area contributed by atoms with Gasteiger partial charge >= 0.3 is 0 Å². The van der Waals surface area contributed by atoms with Crippen LogP contribution in [0.15, 0.2) is 39.0 Å². The van der Waals surface area contributed by atoms with E-state index in [1.165, 1.54) is 4.90 Å². The molecule has 0 bridgehead atoms. The molecule has 1 heterocycles. The topological polar surface area (TPSA) is 38.9 Å². The van der Waals surface area contributed by atoms with Gasteiger partial charge < -0.3 is 5.73 Å². The summed E-state index contributed by atoms with van der Waals surface area (Å²) in [6.45, 7) is 2.02. The van der Waals surface area contributed by atoms with Crippen molar-refractivity contribution in [3.63, 3.8) is 0 Å². The van der Waals surface area contributed by atoms with Crippen molar-refractivity contribution in [1.82, 2.24) is 4.98 Å². The molecule has 0 spiro atoms. The average Bonchev–Trinajstić information content (AvgIpc) is 2.74. The van der Waals surface area contributed by atoms with Crippen LogP contribution in [0.3, 0.4) is 0 Å². The number of aromatic nitrogens is 1. The van der Waals surface area contributed by atoms with Crippen molar-refractivity contribution in [2.45, 2.75) is 24.3 Å². The first-order valence-corrected chi connectivity index (χ1v) is 8.35. The molecule has 0 fully saturated rings. The molecule has 0 saturated carbocycles. The predicted molar refractivity (Wildman–Crippen MR) is 83.4 cm³/mol. The molecule has 1 atom stereocenters. The molecule has 96 valence electrons. The van der Waals surface area contributed by atoms with Gasteiger partial charge in [-0.25, -0.2) is 4.98 Å². The Morgan fingerprint density at radius 3 is 2.89 bits per heavy atom. The molecule has 0 amide bonds. The van der Waals surface area contributed by atoms with Crippen LogP contribution in [0, 0.1) is 6.92 Å². The zero-order chi connectivity index (χ0) is 13.0. The van der Waals surface area contributed by atoms with Crippen LogP contribution in [0.5, 0.6) is 0 Å². The van der Waals surface area contributed by atoms with Crippen LogP contribution in [0.2, 0.25) is 0 Å². The second-order valence-electron chi connectivity index (χ2n) is 4.09. The first-order chi connectivity index (χ1) is 8.65. The maximum atomic E-state index is 6.14. The highest BCUT2D eigenvalue weighted by atomic mass is 79.9. The Balaban J connectivity index is 1.85. The van der Waals surface area contributed by atoms with Crippen LogP contribution in [0.4, 0.5) is 0 Å². The lowest BCUT2D eigenvalue weighted by Crippen LogP contribution is -2.25. The first-order valence-electron chi connectivity index (χ1n) is 5.69. The molecule has 5 heteroatoms. The van der Waals surface area contributed by atoms with Gasteiger partial charge in [-0.05, 0) is 35.0 Å². The molecule has 0 aliphatic heterocycles. The lowest BCUT2D eigenvalue weighted by molar-refractivity contribution is 0.742. The van der Waals surface area contributed by atoms with Gasteiger partial charge in [-0.15, -0.1) is 23.1 Å². The maximum absolute atomic E-state index is 6.14. The summed E-state index contributed by atoms with van der Waals surface area (Å²) in [6.07, 6.45) is 0.857. The Labute approximate surface area is 124 Å². The van der Waals surface area contributed by atoms with Crippen molar-refractivity contribution in [3.8, 4) is 0 Å². The zero-order valence-corrected chi connectivity index (χ0v) is 13.3. The summed E-state index contributed by atoms with van der Waals surface area (Å²) in [4.78, 5) is 5.68. The summed E-state index contributed by atoms with van der Waals surface area (Å²) >= 11 is 7.02. The molecule has 2 rings (SSSR count). The van der Waals surface area contributed by atoms with Crippen molar-refractivity contribution in [2.24, 2.45) is 5.73 Å². The number of nitrogens with two attached hydrogens (primary N) is 1. The van der Waals surface area contributed by atoms with Crippen molar-refractivity contribution in [1.29, 1.82) is 0 Å². The van der Waals surface area contributed by atoms with E-state index < -0.39 is 0 Å². The standard InChI is InChI=1S/C13H15BrN2S2/c1-9-7-18-13(16-9)6-10(15)8-17-12-5-3-2-4-11(12)14/h2-5,7,10H,6,8,15H2,1H3. The number of thiazole rings is 1. The van der Waals surface area contributed by atoms with Gasteiger partial charge in [-0.3, -0.25) is 0 Å². The fraction of sp³-hybridized carbons (Fsp3) is 0.308. The molecule has 1 aromatic carbocycles. The second kappa shape index (κ2) is 6.70. The lowest BCUT2D eigenvalue weighted by atomic mass is 10.3. The third-order valence-electron chi connectivity index (χ3n) is 2.39. The molecule has 0 aliphatic carbocycles. The van der Waals surface area contributed by atoms with Gasteiger partial charge in [0.15, 0.2) is 0 Å². The number of hydrogen-bond donors (Lipinski definition) is 1. The summed E-state index contributed by atoms with van der Waals surface area (Å²) < 4.78 is 1.13. The fourth-order valence-corrected chi connectivity index (χ4v) is 3.92.